The fourth-order valence-electron chi connectivity index (χ4n) is 4.37. The molecule has 1 amide bonds. The lowest BCUT2D eigenvalue weighted by atomic mass is 9.95. The van der Waals surface area contributed by atoms with Crippen molar-refractivity contribution in [3.05, 3.63) is 89.5 Å². The summed E-state index contributed by atoms with van der Waals surface area (Å²) in [5, 5.41) is 11.3. The van der Waals surface area contributed by atoms with Crippen LogP contribution in [0.1, 0.15) is 17.2 Å². The molecule has 8 heteroatoms. The van der Waals surface area contributed by atoms with Gasteiger partial charge >= 0.3 is 0 Å². The SMILES string of the molecule is COCCN1C(=O)C(=O)C(=C(O)c2ccc3c(c2)OCCO3)C1c1cccc(Oc2ccccc2)c1. The average molecular weight is 488 g/mol. The first-order chi connectivity index (χ1) is 17.6. The van der Waals surface area contributed by atoms with Gasteiger partial charge < -0.3 is 29.0 Å². The second-order valence-corrected chi connectivity index (χ2v) is 8.33. The number of aliphatic hydroxyl groups is 1. The number of methoxy groups -OCH3 is 1. The summed E-state index contributed by atoms with van der Waals surface area (Å²) >= 11 is 0. The number of aliphatic hydroxyl groups excluding tert-OH is 1. The second-order valence-electron chi connectivity index (χ2n) is 8.33. The number of benzene rings is 3. The number of amides is 1. The van der Waals surface area contributed by atoms with Crippen LogP contribution in [0.15, 0.2) is 78.4 Å². The maximum absolute atomic E-state index is 13.2. The maximum atomic E-state index is 13.2. The van der Waals surface area contributed by atoms with Gasteiger partial charge in [-0.1, -0.05) is 30.3 Å². The number of rotatable bonds is 7. The zero-order valence-electron chi connectivity index (χ0n) is 19.7. The Morgan fingerprint density at radius 2 is 1.69 bits per heavy atom. The summed E-state index contributed by atoms with van der Waals surface area (Å²) < 4.78 is 22.3. The van der Waals surface area contributed by atoms with Crippen LogP contribution in [0.2, 0.25) is 0 Å². The molecule has 1 saturated heterocycles. The number of carbonyl (C=O) groups is 2. The van der Waals surface area contributed by atoms with Crippen LogP contribution in [0.4, 0.5) is 0 Å². The highest BCUT2D eigenvalue weighted by atomic mass is 16.6. The normalized spacial score (nSPS) is 18.4. The topological polar surface area (TPSA) is 94.5 Å². The minimum absolute atomic E-state index is 0.00959. The first-order valence-corrected chi connectivity index (χ1v) is 11.6. The Balaban J connectivity index is 1.58. The largest absolute Gasteiger partial charge is 0.507 e. The fourth-order valence-corrected chi connectivity index (χ4v) is 4.37. The molecular formula is C28H25NO7. The van der Waals surface area contributed by atoms with Crippen molar-refractivity contribution >= 4 is 17.4 Å². The molecule has 0 spiro atoms. The van der Waals surface area contributed by atoms with Gasteiger partial charge in [-0.15, -0.1) is 0 Å². The third-order valence-electron chi connectivity index (χ3n) is 6.04. The number of para-hydroxylation sites is 1. The molecule has 1 unspecified atom stereocenters. The first-order valence-electron chi connectivity index (χ1n) is 11.6. The number of nitrogens with zero attached hydrogens (tertiary/aromatic N) is 1. The van der Waals surface area contributed by atoms with E-state index in [4.69, 9.17) is 18.9 Å². The molecule has 36 heavy (non-hydrogen) atoms. The van der Waals surface area contributed by atoms with E-state index < -0.39 is 17.7 Å². The molecule has 1 fully saturated rings. The summed E-state index contributed by atoms with van der Waals surface area (Å²) in [6, 6.07) is 20.5. The number of hydrogen-bond donors (Lipinski definition) is 1. The molecular weight excluding hydrogens is 462 g/mol. The summed E-state index contributed by atoms with van der Waals surface area (Å²) in [5.41, 5.74) is 0.966. The van der Waals surface area contributed by atoms with Crippen LogP contribution in [-0.4, -0.2) is 55.2 Å². The number of Topliss-reactive ketones (excluding diaryl/α,β-unsaturated/α-hetero) is 1. The predicted molar refractivity (Wildman–Crippen MR) is 131 cm³/mol. The number of ether oxygens (including phenoxy) is 4. The average Bonchev–Trinajstić information content (AvgIpc) is 3.17. The molecule has 2 aliphatic heterocycles. The summed E-state index contributed by atoms with van der Waals surface area (Å²) in [7, 11) is 1.52. The van der Waals surface area contributed by atoms with Crippen molar-refractivity contribution in [2.75, 3.05) is 33.5 Å². The van der Waals surface area contributed by atoms with E-state index in [1.807, 2.05) is 30.3 Å². The molecule has 1 N–H and O–H groups in total. The lowest BCUT2D eigenvalue weighted by molar-refractivity contribution is -0.140. The highest BCUT2D eigenvalue weighted by Crippen LogP contribution is 2.42. The van der Waals surface area contributed by atoms with Gasteiger partial charge in [-0.25, -0.2) is 0 Å². The van der Waals surface area contributed by atoms with E-state index >= 15 is 0 Å². The van der Waals surface area contributed by atoms with Gasteiger partial charge in [0.05, 0.1) is 18.2 Å². The second kappa shape index (κ2) is 10.1. The minimum atomic E-state index is -0.826. The Hall–Kier alpha value is -4.30. The molecule has 5 rings (SSSR count). The van der Waals surface area contributed by atoms with Gasteiger partial charge in [0.2, 0.25) is 0 Å². The Kier molecular flexibility index (Phi) is 6.60. The van der Waals surface area contributed by atoms with Crippen molar-refractivity contribution in [2.45, 2.75) is 6.04 Å². The lowest BCUT2D eigenvalue weighted by Crippen LogP contribution is -2.32. The zero-order valence-corrected chi connectivity index (χ0v) is 19.7. The van der Waals surface area contributed by atoms with Crippen molar-refractivity contribution in [3.63, 3.8) is 0 Å². The van der Waals surface area contributed by atoms with Crippen LogP contribution in [-0.2, 0) is 14.3 Å². The summed E-state index contributed by atoms with van der Waals surface area (Å²) in [6.45, 7) is 1.22. The highest BCUT2D eigenvalue weighted by Gasteiger charge is 2.46. The van der Waals surface area contributed by atoms with Crippen molar-refractivity contribution < 1.29 is 33.6 Å². The van der Waals surface area contributed by atoms with E-state index in [0.717, 1.165) is 0 Å². The molecule has 1 atom stereocenters. The lowest BCUT2D eigenvalue weighted by Gasteiger charge is -2.25. The van der Waals surface area contributed by atoms with E-state index in [9.17, 15) is 14.7 Å². The molecule has 0 aliphatic carbocycles. The Labute approximate surface area is 208 Å². The molecule has 2 heterocycles. The van der Waals surface area contributed by atoms with Gasteiger partial charge in [0.25, 0.3) is 11.7 Å². The minimum Gasteiger partial charge on any atom is -0.507 e. The summed E-state index contributed by atoms with van der Waals surface area (Å²) in [5.74, 6) is 0.456. The fraction of sp³-hybridized carbons (Fsp3) is 0.214. The standard InChI is InChI=1S/C28H25NO7/c1-33-13-12-29-25(18-6-5-9-21(16-18)36-20-7-3-2-4-8-20)24(27(31)28(29)32)26(30)19-10-11-22-23(17-19)35-15-14-34-22/h2-11,16-17,25,30H,12-15H2,1H3. The van der Waals surface area contributed by atoms with E-state index in [1.165, 1.54) is 12.0 Å². The number of likely N-dealkylation sites (tertiary alicyclic amines) is 1. The van der Waals surface area contributed by atoms with E-state index in [0.29, 0.717) is 47.3 Å². The molecule has 0 radical (unpaired) electrons. The third-order valence-corrected chi connectivity index (χ3v) is 6.04. The number of carbonyl (C=O) groups excluding carboxylic acids is 2. The van der Waals surface area contributed by atoms with Gasteiger partial charge in [-0.05, 0) is 48.0 Å². The Bertz CT molecular complexity index is 1320. The summed E-state index contributed by atoms with van der Waals surface area (Å²) in [4.78, 5) is 27.7. The van der Waals surface area contributed by atoms with Crippen LogP contribution >= 0.6 is 0 Å². The Morgan fingerprint density at radius 1 is 0.944 bits per heavy atom. The van der Waals surface area contributed by atoms with Crippen molar-refractivity contribution in [1.82, 2.24) is 4.90 Å². The third kappa shape index (κ3) is 4.50. The van der Waals surface area contributed by atoms with Crippen LogP contribution < -0.4 is 14.2 Å². The smallest absolute Gasteiger partial charge is 0.295 e. The van der Waals surface area contributed by atoms with Gasteiger partial charge in [0.1, 0.15) is 30.5 Å². The molecule has 8 nitrogen and oxygen atoms in total. The van der Waals surface area contributed by atoms with Crippen LogP contribution in [0.3, 0.4) is 0 Å². The first kappa shape index (κ1) is 23.4. The van der Waals surface area contributed by atoms with Crippen LogP contribution in [0.5, 0.6) is 23.0 Å². The van der Waals surface area contributed by atoms with E-state index in [1.54, 1.807) is 42.5 Å². The molecule has 0 bridgehead atoms. The number of hydrogen-bond acceptors (Lipinski definition) is 7. The molecule has 3 aromatic rings. The van der Waals surface area contributed by atoms with Crippen LogP contribution in [0, 0.1) is 0 Å². The monoisotopic (exact) mass is 487 g/mol. The van der Waals surface area contributed by atoms with Gasteiger partial charge in [0, 0.05) is 19.2 Å². The van der Waals surface area contributed by atoms with Gasteiger partial charge in [-0.3, -0.25) is 9.59 Å². The number of ketones is 1. The van der Waals surface area contributed by atoms with Crippen molar-refractivity contribution in [3.8, 4) is 23.0 Å². The molecule has 3 aromatic carbocycles. The van der Waals surface area contributed by atoms with E-state index in [-0.39, 0.29) is 24.5 Å². The predicted octanol–water partition coefficient (Wildman–Crippen LogP) is 4.32. The molecule has 0 saturated carbocycles. The molecule has 0 aromatic heterocycles. The van der Waals surface area contributed by atoms with Crippen LogP contribution in [0.25, 0.3) is 5.76 Å². The molecule has 2 aliphatic rings. The summed E-state index contributed by atoms with van der Waals surface area (Å²) in [6.07, 6.45) is 0. The highest BCUT2D eigenvalue weighted by molar-refractivity contribution is 6.46. The number of fused-ring (bicyclic) bond motifs is 1. The van der Waals surface area contributed by atoms with Gasteiger partial charge in [-0.2, -0.15) is 0 Å². The van der Waals surface area contributed by atoms with Crippen molar-refractivity contribution in [1.29, 1.82) is 0 Å². The van der Waals surface area contributed by atoms with Crippen molar-refractivity contribution in [2.24, 2.45) is 0 Å². The quantitative estimate of drug-likeness (QED) is 0.301. The molecule has 184 valence electrons. The zero-order chi connectivity index (χ0) is 25.1. The maximum Gasteiger partial charge on any atom is 0.295 e. The van der Waals surface area contributed by atoms with Gasteiger partial charge in [0.15, 0.2) is 11.5 Å². The Morgan fingerprint density at radius 3 is 2.47 bits per heavy atom. The van der Waals surface area contributed by atoms with E-state index in [2.05, 4.69) is 0 Å².